The fourth-order valence-electron chi connectivity index (χ4n) is 2.59. The van der Waals surface area contributed by atoms with Crippen molar-refractivity contribution < 1.29 is 14.3 Å². The maximum atomic E-state index is 12.4. The fourth-order valence-corrected chi connectivity index (χ4v) is 2.85. The van der Waals surface area contributed by atoms with E-state index < -0.39 is 5.97 Å². The second kappa shape index (κ2) is 9.14. The van der Waals surface area contributed by atoms with E-state index in [0.29, 0.717) is 5.56 Å². The molecular weight excluding hydrogens is 406 g/mol. The molecule has 5 heteroatoms. The Bertz CT molecular complexity index is 856. The van der Waals surface area contributed by atoms with Crippen LogP contribution < -0.4 is 4.90 Å². The van der Waals surface area contributed by atoms with E-state index in [2.05, 4.69) is 15.9 Å². The maximum Gasteiger partial charge on any atom is 0.326 e. The first-order chi connectivity index (χ1) is 13.1. The van der Waals surface area contributed by atoms with Crippen LogP contribution >= 0.6 is 15.9 Å². The van der Waals surface area contributed by atoms with E-state index in [1.165, 1.54) is 0 Å². The minimum absolute atomic E-state index is 0.0155. The number of para-hydroxylation sites is 2. The molecule has 0 unspecified atom stereocenters. The molecule has 0 saturated carbocycles. The van der Waals surface area contributed by atoms with Gasteiger partial charge in [0.05, 0.1) is 0 Å². The number of hydrogen-bond donors (Lipinski definition) is 0. The molecule has 0 aliphatic carbocycles. The summed E-state index contributed by atoms with van der Waals surface area (Å²) in [6, 6.07) is 26.1. The molecule has 0 amide bonds. The molecule has 0 heterocycles. The Hall–Kier alpha value is -2.92. The minimum Gasteiger partial charge on any atom is -0.456 e. The van der Waals surface area contributed by atoms with Gasteiger partial charge in [-0.1, -0.05) is 64.5 Å². The molecule has 0 aliphatic rings. The van der Waals surface area contributed by atoms with Gasteiger partial charge in [-0.15, -0.1) is 0 Å². The molecule has 0 bridgehead atoms. The van der Waals surface area contributed by atoms with Gasteiger partial charge in [-0.05, 0) is 36.4 Å². The predicted octanol–water partition coefficient (Wildman–Crippen LogP) is 5.01. The van der Waals surface area contributed by atoms with Gasteiger partial charge in [0, 0.05) is 21.4 Å². The van der Waals surface area contributed by atoms with Gasteiger partial charge in [0.2, 0.25) is 0 Å². The summed E-state index contributed by atoms with van der Waals surface area (Å²) in [6.45, 7) is -0.264. The van der Waals surface area contributed by atoms with Crippen LogP contribution in [0.4, 0.5) is 11.4 Å². The summed E-state index contributed by atoms with van der Waals surface area (Å²) in [7, 11) is 0. The number of hydrogen-bond acceptors (Lipinski definition) is 4. The summed E-state index contributed by atoms with van der Waals surface area (Å²) in [4.78, 5) is 26.4. The Morgan fingerprint density at radius 3 is 1.81 bits per heavy atom. The van der Waals surface area contributed by atoms with Crippen LogP contribution in [0.25, 0.3) is 0 Å². The summed E-state index contributed by atoms with van der Waals surface area (Å²) in [5.41, 5.74) is 2.26. The molecule has 0 aliphatic heterocycles. The highest BCUT2D eigenvalue weighted by molar-refractivity contribution is 9.10. The number of nitrogens with zero attached hydrogens (tertiary/aromatic N) is 1. The molecule has 0 aromatic heterocycles. The van der Waals surface area contributed by atoms with Crippen LogP contribution in [0.2, 0.25) is 0 Å². The summed E-state index contributed by atoms with van der Waals surface area (Å²) in [5.74, 6) is -0.699. The summed E-state index contributed by atoms with van der Waals surface area (Å²) >= 11 is 3.33. The average Bonchev–Trinajstić information content (AvgIpc) is 2.72. The lowest BCUT2D eigenvalue weighted by atomic mass is 10.1. The van der Waals surface area contributed by atoms with E-state index in [1.54, 1.807) is 24.3 Å². The van der Waals surface area contributed by atoms with Gasteiger partial charge in [-0.3, -0.25) is 9.59 Å². The van der Waals surface area contributed by atoms with Crippen molar-refractivity contribution in [3.05, 3.63) is 95.0 Å². The van der Waals surface area contributed by atoms with Gasteiger partial charge in [-0.25, -0.2) is 0 Å². The van der Waals surface area contributed by atoms with Crippen molar-refractivity contribution in [2.75, 3.05) is 18.1 Å². The van der Waals surface area contributed by atoms with Crippen LogP contribution in [-0.4, -0.2) is 24.9 Å². The van der Waals surface area contributed by atoms with E-state index in [9.17, 15) is 9.59 Å². The number of benzene rings is 3. The number of esters is 1. The number of ketones is 1. The number of Topliss-reactive ketones (excluding diaryl/α,β-unsaturated/α-hetero) is 1. The van der Waals surface area contributed by atoms with Gasteiger partial charge in [0.25, 0.3) is 0 Å². The van der Waals surface area contributed by atoms with Crippen molar-refractivity contribution in [3.63, 3.8) is 0 Å². The van der Waals surface area contributed by atoms with Gasteiger partial charge < -0.3 is 9.64 Å². The van der Waals surface area contributed by atoms with Crippen LogP contribution in [0.1, 0.15) is 10.4 Å². The van der Waals surface area contributed by atoms with Crippen molar-refractivity contribution in [3.8, 4) is 0 Å². The lowest BCUT2D eigenvalue weighted by molar-refractivity contribution is -0.140. The smallest absolute Gasteiger partial charge is 0.326 e. The third kappa shape index (κ3) is 5.28. The minimum atomic E-state index is -0.465. The largest absolute Gasteiger partial charge is 0.456 e. The van der Waals surface area contributed by atoms with E-state index in [1.807, 2.05) is 65.6 Å². The number of rotatable bonds is 7. The topological polar surface area (TPSA) is 46.6 Å². The van der Waals surface area contributed by atoms with Gasteiger partial charge in [0.1, 0.15) is 6.54 Å². The molecule has 0 radical (unpaired) electrons. The number of carbonyl (C=O) groups is 2. The van der Waals surface area contributed by atoms with E-state index in [-0.39, 0.29) is 18.9 Å². The lowest BCUT2D eigenvalue weighted by Gasteiger charge is -2.24. The molecule has 0 spiro atoms. The zero-order chi connectivity index (χ0) is 19.1. The van der Waals surface area contributed by atoms with Gasteiger partial charge in [-0.2, -0.15) is 0 Å². The summed E-state index contributed by atoms with van der Waals surface area (Å²) in [5, 5.41) is 0. The molecule has 0 N–H and O–H groups in total. The first kappa shape index (κ1) is 18.9. The Labute approximate surface area is 166 Å². The highest BCUT2D eigenvalue weighted by Gasteiger charge is 2.16. The Morgan fingerprint density at radius 1 is 0.778 bits per heavy atom. The molecule has 3 aromatic carbocycles. The second-order valence-corrected chi connectivity index (χ2v) is 6.76. The first-order valence-electron chi connectivity index (χ1n) is 8.45. The molecule has 0 atom stereocenters. The molecule has 27 heavy (non-hydrogen) atoms. The number of halogens is 1. The average molecular weight is 424 g/mol. The Morgan fingerprint density at radius 2 is 1.30 bits per heavy atom. The molecule has 3 aromatic rings. The van der Waals surface area contributed by atoms with E-state index >= 15 is 0 Å². The van der Waals surface area contributed by atoms with Crippen LogP contribution in [0.3, 0.4) is 0 Å². The third-order valence-corrected chi connectivity index (χ3v) is 4.48. The Kier molecular flexibility index (Phi) is 6.39. The second-order valence-electron chi connectivity index (χ2n) is 5.85. The number of anilines is 2. The quantitative estimate of drug-likeness (QED) is 0.395. The fraction of sp³-hybridized carbons (Fsp3) is 0.0909. The highest BCUT2D eigenvalue weighted by Crippen LogP contribution is 2.24. The van der Waals surface area contributed by atoms with Crippen molar-refractivity contribution in [2.45, 2.75) is 0 Å². The molecule has 4 nitrogen and oxygen atoms in total. The highest BCUT2D eigenvalue weighted by atomic mass is 79.9. The zero-order valence-corrected chi connectivity index (χ0v) is 16.1. The van der Waals surface area contributed by atoms with E-state index in [0.717, 1.165) is 15.8 Å². The normalized spacial score (nSPS) is 10.3. The molecule has 0 fully saturated rings. The van der Waals surface area contributed by atoms with Crippen LogP contribution in [-0.2, 0) is 9.53 Å². The third-order valence-electron chi connectivity index (χ3n) is 3.95. The lowest BCUT2D eigenvalue weighted by Crippen LogP contribution is -2.28. The van der Waals surface area contributed by atoms with Crippen molar-refractivity contribution >= 4 is 39.1 Å². The van der Waals surface area contributed by atoms with Gasteiger partial charge in [0.15, 0.2) is 12.4 Å². The van der Waals surface area contributed by atoms with Crippen LogP contribution in [0.5, 0.6) is 0 Å². The van der Waals surface area contributed by atoms with Crippen molar-refractivity contribution in [1.29, 1.82) is 0 Å². The summed E-state index contributed by atoms with van der Waals surface area (Å²) in [6.07, 6.45) is 0. The van der Waals surface area contributed by atoms with Crippen molar-refractivity contribution in [1.82, 2.24) is 0 Å². The predicted molar refractivity (Wildman–Crippen MR) is 109 cm³/mol. The van der Waals surface area contributed by atoms with Crippen LogP contribution in [0, 0.1) is 0 Å². The Balaban J connectivity index is 1.66. The van der Waals surface area contributed by atoms with E-state index in [4.69, 9.17) is 4.74 Å². The SMILES string of the molecule is O=C(CN(c1ccccc1)c1ccccc1)OCC(=O)c1ccc(Br)cc1. The number of carbonyl (C=O) groups excluding carboxylic acids is 2. The van der Waals surface area contributed by atoms with Crippen LogP contribution in [0.15, 0.2) is 89.4 Å². The monoisotopic (exact) mass is 423 g/mol. The van der Waals surface area contributed by atoms with Gasteiger partial charge >= 0.3 is 5.97 Å². The maximum absolute atomic E-state index is 12.4. The molecule has 3 rings (SSSR count). The molecule has 0 saturated heterocycles. The first-order valence-corrected chi connectivity index (χ1v) is 9.25. The molecule has 136 valence electrons. The molecular formula is C22H18BrNO3. The van der Waals surface area contributed by atoms with Crippen molar-refractivity contribution in [2.24, 2.45) is 0 Å². The number of ether oxygens (including phenoxy) is 1. The summed E-state index contributed by atoms with van der Waals surface area (Å²) < 4.78 is 6.11. The zero-order valence-electron chi connectivity index (χ0n) is 14.5. The standard InChI is InChI=1S/C22H18BrNO3/c23-18-13-11-17(12-14-18)21(25)16-27-22(26)15-24(19-7-3-1-4-8-19)20-9-5-2-6-10-20/h1-14H,15-16H2.